The molecule has 0 spiro atoms. The maximum atomic E-state index is 12.2. The molecular formula is C13H8ClN3O6. The Balaban J connectivity index is 2.49. The van der Waals surface area contributed by atoms with E-state index in [0.29, 0.717) is 6.07 Å². The minimum atomic E-state index is -1.02. The molecule has 0 aromatic heterocycles. The fraction of sp³-hybridized carbons (Fsp3) is 0. The highest BCUT2D eigenvalue weighted by atomic mass is 35.5. The number of halogens is 1. The molecule has 9 nitrogen and oxygen atoms in total. The molecule has 0 fully saturated rings. The first kappa shape index (κ1) is 16.2. The third-order valence-electron chi connectivity index (χ3n) is 2.85. The summed E-state index contributed by atoms with van der Waals surface area (Å²) in [5.74, 6) is -1.94. The van der Waals surface area contributed by atoms with Crippen LogP contribution in [0.3, 0.4) is 0 Å². The first-order valence-corrected chi connectivity index (χ1v) is 6.40. The number of nitrogens with one attached hydrogen (secondary N) is 1. The van der Waals surface area contributed by atoms with Crippen LogP contribution in [0.25, 0.3) is 0 Å². The molecule has 0 aliphatic rings. The largest absolute Gasteiger partial charge is 0.502 e. The number of benzene rings is 2. The van der Waals surface area contributed by atoms with Gasteiger partial charge in [0, 0.05) is 6.07 Å². The van der Waals surface area contributed by atoms with E-state index in [2.05, 4.69) is 5.32 Å². The second-order valence-corrected chi connectivity index (χ2v) is 4.72. The molecule has 0 saturated carbocycles. The van der Waals surface area contributed by atoms with Crippen molar-refractivity contribution in [2.45, 2.75) is 0 Å². The minimum absolute atomic E-state index is 0.188. The van der Waals surface area contributed by atoms with Crippen molar-refractivity contribution >= 4 is 34.6 Å². The van der Waals surface area contributed by atoms with E-state index < -0.39 is 38.4 Å². The third-order valence-corrected chi connectivity index (χ3v) is 3.18. The summed E-state index contributed by atoms with van der Waals surface area (Å²) in [7, 11) is 0. The lowest BCUT2D eigenvalue weighted by Gasteiger charge is -2.08. The quantitative estimate of drug-likeness (QED) is 0.649. The van der Waals surface area contributed by atoms with Gasteiger partial charge in [-0.3, -0.25) is 25.0 Å². The van der Waals surface area contributed by atoms with Crippen LogP contribution in [-0.2, 0) is 0 Å². The van der Waals surface area contributed by atoms with Crippen LogP contribution in [0.5, 0.6) is 5.75 Å². The fourth-order valence-corrected chi connectivity index (χ4v) is 1.96. The molecule has 0 unspecified atom stereocenters. The zero-order chi connectivity index (χ0) is 17.1. The van der Waals surface area contributed by atoms with Crippen LogP contribution < -0.4 is 5.32 Å². The van der Waals surface area contributed by atoms with E-state index in [1.54, 1.807) is 12.1 Å². The molecule has 2 N–H and O–H groups in total. The Bertz CT molecular complexity index is 823. The second-order valence-electron chi connectivity index (χ2n) is 4.31. The van der Waals surface area contributed by atoms with Gasteiger partial charge in [0.25, 0.3) is 11.6 Å². The molecule has 0 aliphatic heterocycles. The zero-order valence-electron chi connectivity index (χ0n) is 11.2. The van der Waals surface area contributed by atoms with Gasteiger partial charge >= 0.3 is 5.69 Å². The fourth-order valence-electron chi connectivity index (χ4n) is 1.77. The molecule has 10 heteroatoms. The molecule has 2 aromatic carbocycles. The van der Waals surface area contributed by atoms with Crippen LogP contribution in [0.1, 0.15) is 10.4 Å². The number of aromatic hydroxyl groups is 1. The lowest BCUT2D eigenvalue weighted by atomic mass is 10.1. The van der Waals surface area contributed by atoms with Crippen molar-refractivity contribution in [2.24, 2.45) is 0 Å². The molecule has 0 bridgehead atoms. The van der Waals surface area contributed by atoms with Crippen LogP contribution in [0.2, 0.25) is 5.02 Å². The maximum absolute atomic E-state index is 12.2. The topological polar surface area (TPSA) is 136 Å². The maximum Gasteiger partial charge on any atom is 0.318 e. The van der Waals surface area contributed by atoms with Gasteiger partial charge in [0.15, 0.2) is 0 Å². The second kappa shape index (κ2) is 6.28. The van der Waals surface area contributed by atoms with Gasteiger partial charge in [-0.2, -0.15) is 0 Å². The average Bonchev–Trinajstić information content (AvgIpc) is 2.49. The molecule has 118 valence electrons. The zero-order valence-corrected chi connectivity index (χ0v) is 12.0. The van der Waals surface area contributed by atoms with Gasteiger partial charge in [-0.05, 0) is 12.1 Å². The average molecular weight is 338 g/mol. The number of rotatable bonds is 4. The molecule has 0 heterocycles. The molecule has 23 heavy (non-hydrogen) atoms. The number of hydrogen-bond acceptors (Lipinski definition) is 6. The van der Waals surface area contributed by atoms with Crippen molar-refractivity contribution in [1.82, 2.24) is 0 Å². The lowest BCUT2D eigenvalue weighted by Crippen LogP contribution is -2.13. The number of phenolic OH excluding ortho intramolecular Hbond substituents is 1. The van der Waals surface area contributed by atoms with E-state index in [1.807, 2.05) is 0 Å². The number of carbonyl (C=O) groups is 1. The van der Waals surface area contributed by atoms with Gasteiger partial charge < -0.3 is 10.4 Å². The molecule has 0 radical (unpaired) electrons. The Labute approximate surface area is 133 Å². The number of nitrogens with zero attached hydrogens (tertiary/aromatic N) is 2. The summed E-state index contributed by atoms with van der Waals surface area (Å²) in [6, 6.07) is 7.47. The number of anilines is 1. The molecule has 0 atom stereocenters. The predicted octanol–water partition coefficient (Wildman–Crippen LogP) is 3.11. The Hall–Kier alpha value is -3.20. The normalized spacial score (nSPS) is 10.1. The molecule has 2 rings (SSSR count). The summed E-state index contributed by atoms with van der Waals surface area (Å²) in [6.07, 6.45) is 0. The van der Waals surface area contributed by atoms with Gasteiger partial charge in [0.05, 0.1) is 32.2 Å². The predicted molar refractivity (Wildman–Crippen MR) is 80.8 cm³/mol. The highest BCUT2D eigenvalue weighted by Gasteiger charge is 2.27. The van der Waals surface area contributed by atoms with Crippen LogP contribution in [0.4, 0.5) is 17.1 Å². The van der Waals surface area contributed by atoms with Crippen LogP contribution >= 0.6 is 11.6 Å². The molecular weight excluding hydrogens is 330 g/mol. The van der Waals surface area contributed by atoms with E-state index >= 15 is 0 Å². The minimum Gasteiger partial charge on any atom is -0.502 e. The van der Waals surface area contributed by atoms with Crippen LogP contribution in [-0.4, -0.2) is 20.9 Å². The molecule has 0 aliphatic carbocycles. The Morgan fingerprint density at radius 1 is 1.13 bits per heavy atom. The van der Waals surface area contributed by atoms with E-state index in [-0.39, 0.29) is 10.7 Å². The number of nitro benzene ring substituents is 2. The number of phenols is 1. The summed E-state index contributed by atoms with van der Waals surface area (Å²) in [6.45, 7) is 0. The van der Waals surface area contributed by atoms with E-state index in [0.717, 1.165) is 6.07 Å². The highest BCUT2D eigenvalue weighted by molar-refractivity contribution is 6.34. The molecule has 2 aromatic rings. The van der Waals surface area contributed by atoms with Crippen molar-refractivity contribution in [2.75, 3.05) is 5.32 Å². The molecule has 1 amide bonds. The lowest BCUT2D eigenvalue weighted by molar-refractivity contribution is -0.394. The smallest absolute Gasteiger partial charge is 0.318 e. The number of para-hydroxylation sites is 1. The van der Waals surface area contributed by atoms with E-state index in [9.17, 15) is 30.1 Å². The standard InChI is InChI=1S/C13H8ClN3O6/c14-9-3-1-2-4-10(9)15-13(19)8-5-7(16(20)21)6-11(12(8)18)17(22)23/h1-6,18H,(H,15,19). The van der Waals surface area contributed by atoms with Gasteiger partial charge in [0.2, 0.25) is 5.75 Å². The van der Waals surface area contributed by atoms with E-state index in [1.165, 1.54) is 12.1 Å². The first-order valence-electron chi connectivity index (χ1n) is 6.03. The highest BCUT2D eigenvalue weighted by Crippen LogP contribution is 2.35. The summed E-state index contributed by atoms with van der Waals surface area (Å²) < 4.78 is 0. The van der Waals surface area contributed by atoms with E-state index in [4.69, 9.17) is 11.6 Å². The van der Waals surface area contributed by atoms with Crippen molar-refractivity contribution in [3.63, 3.8) is 0 Å². The molecule has 0 saturated heterocycles. The van der Waals surface area contributed by atoms with Gasteiger partial charge in [-0.25, -0.2) is 0 Å². The van der Waals surface area contributed by atoms with Crippen LogP contribution in [0, 0.1) is 20.2 Å². The number of non-ortho nitro benzene ring substituents is 1. The van der Waals surface area contributed by atoms with Crippen molar-refractivity contribution in [1.29, 1.82) is 0 Å². The van der Waals surface area contributed by atoms with Crippen molar-refractivity contribution in [3.05, 3.63) is 67.2 Å². The van der Waals surface area contributed by atoms with Crippen molar-refractivity contribution in [3.8, 4) is 5.75 Å². The number of nitro groups is 2. The Morgan fingerprint density at radius 3 is 2.35 bits per heavy atom. The Kier molecular flexibility index (Phi) is 4.42. The summed E-state index contributed by atoms with van der Waals surface area (Å²) in [5, 5.41) is 34.0. The third kappa shape index (κ3) is 3.35. The van der Waals surface area contributed by atoms with Gasteiger partial charge in [0.1, 0.15) is 0 Å². The van der Waals surface area contributed by atoms with Gasteiger partial charge in [-0.15, -0.1) is 0 Å². The van der Waals surface area contributed by atoms with Crippen molar-refractivity contribution < 1.29 is 19.7 Å². The summed E-state index contributed by atoms with van der Waals surface area (Å²) in [5.41, 5.74) is -2.05. The summed E-state index contributed by atoms with van der Waals surface area (Å²) >= 11 is 5.87. The first-order chi connectivity index (χ1) is 10.8. The number of carbonyl (C=O) groups excluding carboxylic acids is 1. The monoisotopic (exact) mass is 337 g/mol. The van der Waals surface area contributed by atoms with Crippen LogP contribution in [0.15, 0.2) is 36.4 Å². The number of hydrogen-bond donors (Lipinski definition) is 2. The summed E-state index contributed by atoms with van der Waals surface area (Å²) in [4.78, 5) is 31.9. The Morgan fingerprint density at radius 2 is 1.78 bits per heavy atom. The number of amides is 1. The van der Waals surface area contributed by atoms with Gasteiger partial charge in [-0.1, -0.05) is 23.7 Å². The SMILES string of the molecule is O=C(Nc1ccccc1Cl)c1cc([N+](=O)[O-])cc([N+](=O)[O-])c1O.